The summed E-state index contributed by atoms with van der Waals surface area (Å²) in [5, 5.41) is 2.23. The molecule has 0 saturated carbocycles. The van der Waals surface area contributed by atoms with Gasteiger partial charge in [0.1, 0.15) is 5.25 Å². The molecule has 0 fully saturated rings. The van der Waals surface area contributed by atoms with Gasteiger partial charge in [-0.25, -0.2) is 0 Å². The van der Waals surface area contributed by atoms with Gasteiger partial charge in [-0.15, -0.1) is 0 Å². The fourth-order valence-corrected chi connectivity index (χ4v) is 3.10. The van der Waals surface area contributed by atoms with Crippen LogP contribution in [0.5, 0.6) is 0 Å². The van der Waals surface area contributed by atoms with Crippen LogP contribution in [0.4, 0.5) is 5.69 Å². The van der Waals surface area contributed by atoms with Gasteiger partial charge in [0, 0.05) is 6.54 Å². The topological polar surface area (TPSA) is 72.2 Å². The third-order valence-electron chi connectivity index (χ3n) is 3.27. The van der Waals surface area contributed by atoms with Crippen LogP contribution in [0.15, 0.2) is 23.1 Å². The Labute approximate surface area is 123 Å². The number of anilines is 1. The largest absolute Gasteiger partial charge is 0.398 e. The normalized spacial score (nSPS) is 13.8. The molecule has 112 valence electrons. The quantitative estimate of drug-likeness (QED) is 0.599. The fraction of sp³-hybridized carbons (Fsp3) is 0.533. The Bertz CT molecular complexity index is 489. The molecule has 1 amide bonds. The first-order valence-corrected chi connectivity index (χ1v) is 8.23. The molecule has 0 radical (unpaired) electrons. The molecule has 0 aromatic heterocycles. The van der Waals surface area contributed by atoms with Gasteiger partial charge >= 0.3 is 0 Å². The predicted octanol–water partition coefficient (Wildman–Crippen LogP) is 2.38. The lowest BCUT2D eigenvalue weighted by atomic mass is 10.2. The van der Waals surface area contributed by atoms with Gasteiger partial charge in [0.2, 0.25) is 5.91 Å². The minimum Gasteiger partial charge on any atom is -0.398 e. The van der Waals surface area contributed by atoms with E-state index in [0.29, 0.717) is 17.1 Å². The van der Waals surface area contributed by atoms with Crippen molar-refractivity contribution in [2.45, 2.75) is 50.2 Å². The van der Waals surface area contributed by atoms with Crippen molar-refractivity contribution in [1.29, 1.82) is 0 Å². The molecule has 1 aromatic rings. The van der Waals surface area contributed by atoms with Crippen LogP contribution in [0, 0.1) is 6.92 Å². The molecule has 0 aliphatic carbocycles. The lowest BCUT2D eigenvalue weighted by Crippen LogP contribution is -2.36. The van der Waals surface area contributed by atoms with Crippen molar-refractivity contribution in [2.75, 3.05) is 12.3 Å². The summed E-state index contributed by atoms with van der Waals surface area (Å²) in [5.41, 5.74) is 7.33. The van der Waals surface area contributed by atoms with Crippen LogP contribution in [-0.4, -0.2) is 21.9 Å². The van der Waals surface area contributed by atoms with E-state index in [1.807, 2.05) is 19.1 Å². The zero-order chi connectivity index (χ0) is 15.1. The molecule has 1 rings (SSSR count). The summed E-state index contributed by atoms with van der Waals surface area (Å²) >= 11 is 0. The summed E-state index contributed by atoms with van der Waals surface area (Å²) in [6.45, 7) is 6.29. The van der Waals surface area contributed by atoms with E-state index in [-0.39, 0.29) is 5.91 Å². The first-order chi connectivity index (χ1) is 9.49. The van der Waals surface area contributed by atoms with Crippen molar-refractivity contribution < 1.29 is 9.00 Å². The average molecular weight is 296 g/mol. The van der Waals surface area contributed by atoms with Crippen molar-refractivity contribution in [3.05, 3.63) is 23.8 Å². The van der Waals surface area contributed by atoms with Gasteiger partial charge in [0.05, 0.1) is 21.4 Å². The first-order valence-electron chi connectivity index (χ1n) is 7.02. The highest BCUT2D eigenvalue weighted by Gasteiger charge is 2.22. The van der Waals surface area contributed by atoms with E-state index in [9.17, 15) is 9.00 Å². The van der Waals surface area contributed by atoms with Gasteiger partial charge in [-0.1, -0.05) is 31.9 Å². The first kappa shape index (κ1) is 16.7. The summed E-state index contributed by atoms with van der Waals surface area (Å²) in [5.74, 6) is -0.180. The fourth-order valence-electron chi connectivity index (χ4n) is 1.85. The van der Waals surface area contributed by atoms with E-state index >= 15 is 0 Å². The molecule has 20 heavy (non-hydrogen) atoms. The zero-order valence-electron chi connectivity index (χ0n) is 12.4. The van der Waals surface area contributed by atoms with Crippen LogP contribution in [0.3, 0.4) is 0 Å². The second-order valence-electron chi connectivity index (χ2n) is 4.92. The maximum absolute atomic E-state index is 12.4. The Balaban J connectivity index is 2.66. The minimum absolute atomic E-state index is 0.180. The van der Waals surface area contributed by atoms with E-state index in [4.69, 9.17) is 5.73 Å². The predicted molar refractivity (Wildman–Crippen MR) is 84.0 cm³/mol. The zero-order valence-corrected chi connectivity index (χ0v) is 13.3. The van der Waals surface area contributed by atoms with Gasteiger partial charge < -0.3 is 11.1 Å². The number of rotatable bonds is 7. The Morgan fingerprint density at radius 1 is 1.40 bits per heavy atom. The Morgan fingerprint density at radius 3 is 2.75 bits per heavy atom. The Morgan fingerprint density at radius 2 is 2.10 bits per heavy atom. The van der Waals surface area contributed by atoms with E-state index < -0.39 is 16.0 Å². The maximum atomic E-state index is 12.4. The standard InChI is InChI=1S/C15H24N2O2S/c1-4-5-6-10-17-15(18)12(3)20(19)13-9-7-8-11(2)14(13)16/h7-9,12H,4-6,10,16H2,1-3H3,(H,17,18). The highest BCUT2D eigenvalue weighted by molar-refractivity contribution is 7.86. The van der Waals surface area contributed by atoms with Crippen LogP contribution < -0.4 is 11.1 Å². The van der Waals surface area contributed by atoms with Crippen LogP contribution in [-0.2, 0) is 15.6 Å². The van der Waals surface area contributed by atoms with Gasteiger partial charge in [-0.05, 0) is 31.9 Å². The number of aryl methyl sites for hydroxylation is 1. The van der Waals surface area contributed by atoms with Crippen molar-refractivity contribution in [3.8, 4) is 0 Å². The minimum atomic E-state index is -1.42. The van der Waals surface area contributed by atoms with Crippen molar-refractivity contribution in [3.63, 3.8) is 0 Å². The Hall–Kier alpha value is -1.36. The third kappa shape index (κ3) is 4.34. The maximum Gasteiger partial charge on any atom is 0.235 e. The van der Waals surface area contributed by atoms with Crippen LogP contribution in [0.2, 0.25) is 0 Å². The molecule has 0 bridgehead atoms. The van der Waals surface area contributed by atoms with Crippen molar-refractivity contribution in [2.24, 2.45) is 0 Å². The summed E-state index contributed by atoms with van der Waals surface area (Å²) in [6.07, 6.45) is 3.15. The van der Waals surface area contributed by atoms with Gasteiger partial charge in [-0.2, -0.15) is 0 Å². The van der Waals surface area contributed by atoms with E-state index in [2.05, 4.69) is 12.2 Å². The van der Waals surface area contributed by atoms with Crippen LogP contribution >= 0.6 is 0 Å². The number of hydrogen-bond acceptors (Lipinski definition) is 3. The summed E-state index contributed by atoms with van der Waals surface area (Å²) in [7, 11) is -1.42. The van der Waals surface area contributed by atoms with Crippen LogP contribution in [0.1, 0.15) is 38.7 Å². The van der Waals surface area contributed by atoms with Crippen molar-refractivity contribution >= 4 is 22.4 Å². The molecule has 0 aliphatic heterocycles. The van der Waals surface area contributed by atoms with Gasteiger partial charge in [-0.3, -0.25) is 9.00 Å². The lowest BCUT2D eigenvalue weighted by molar-refractivity contribution is -0.120. The molecule has 4 nitrogen and oxygen atoms in total. The molecule has 0 spiro atoms. The number of carbonyl (C=O) groups excluding carboxylic acids is 1. The number of benzene rings is 1. The number of unbranched alkanes of at least 4 members (excludes halogenated alkanes) is 2. The number of nitrogens with one attached hydrogen (secondary N) is 1. The molecule has 3 N–H and O–H groups in total. The van der Waals surface area contributed by atoms with E-state index in [1.54, 1.807) is 13.0 Å². The molecule has 0 aliphatic rings. The smallest absolute Gasteiger partial charge is 0.235 e. The molecular weight excluding hydrogens is 272 g/mol. The summed E-state index contributed by atoms with van der Waals surface area (Å²) < 4.78 is 12.4. The molecule has 1 aromatic carbocycles. The third-order valence-corrected chi connectivity index (χ3v) is 4.92. The molecule has 2 unspecified atom stereocenters. The van der Waals surface area contributed by atoms with Crippen LogP contribution in [0.25, 0.3) is 0 Å². The second kappa shape index (κ2) is 8.04. The Kier molecular flexibility index (Phi) is 6.71. The molecular formula is C15H24N2O2S. The molecule has 2 atom stereocenters. The highest BCUT2D eigenvalue weighted by Crippen LogP contribution is 2.22. The van der Waals surface area contributed by atoms with E-state index in [0.717, 1.165) is 24.8 Å². The monoisotopic (exact) mass is 296 g/mol. The highest BCUT2D eigenvalue weighted by atomic mass is 32.2. The number of para-hydroxylation sites is 1. The van der Waals surface area contributed by atoms with Gasteiger partial charge in [0.25, 0.3) is 0 Å². The summed E-state index contributed by atoms with van der Waals surface area (Å²) in [6, 6.07) is 5.40. The number of amides is 1. The SMILES string of the molecule is CCCCCNC(=O)C(C)S(=O)c1cccc(C)c1N. The number of nitrogens with two attached hydrogens (primary N) is 1. The average Bonchev–Trinajstić information content (AvgIpc) is 2.44. The molecule has 0 saturated heterocycles. The lowest BCUT2D eigenvalue weighted by Gasteiger charge is -2.14. The van der Waals surface area contributed by atoms with Crippen molar-refractivity contribution in [1.82, 2.24) is 5.32 Å². The number of carbonyl (C=O) groups is 1. The van der Waals surface area contributed by atoms with E-state index in [1.165, 1.54) is 0 Å². The molecule has 5 heteroatoms. The second-order valence-corrected chi connectivity index (χ2v) is 6.67. The summed E-state index contributed by atoms with van der Waals surface area (Å²) in [4.78, 5) is 12.5. The number of nitrogen functional groups attached to an aromatic ring is 1. The van der Waals surface area contributed by atoms with Gasteiger partial charge in [0.15, 0.2) is 0 Å². The molecule has 0 heterocycles. The number of hydrogen-bond donors (Lipinski definition) is 2.